The maximum absolute atomic E-state index is 6.11. The van der Waals surface area contributed by atoms with Crippen molar-refractivity contribution in [3.8, 4) is 0 Å². The smallest absolute Gasteiger partial charge is 0.152 e. The lowest BCUT2D eigenvalue weighted by atomic mass is 10.1. The molecular formula is C15H17N5O. The summed E-state index contributed by atoms with van der Waals surface area (Å²) in [6.45, 7) is 1.77. The minimum Gasteiger partial charge on any atom is -0.382 e. The highest BCUT2D eigenvalue weighted by Crippen LogP contribution is 2.32. The number of aromatic nitrogens is 3. The molecule has 2 aromatic heterocycles. The fraction of sp³-hybridized carbons (Fsp3) is 0.333. The van der Waals surface area contributed by atoms with Gasteiger partial charge in [-0.2, -0.15) is 0 Å². The van der Waals surface area contributed by atoms with Crippen LogP contribution in [0.5, 0.6) is 0 Å². The molecule has 1 aromatic carbocycles. The first kappa shape index (κ1) is 12.6. The minimum atomic E-state index is 0.0812. The quantitative estimate of drug-likeness (QED) is 0.701. The molecule has 1 atom stereocenters. The van der Waals surface area contributed by atoms with E-state index in [-0.39, 0.29) is 6.04 Å². The van der Waals surface area contributed by atoms with E-state index in [0.717, 1.165) is 34.2 Å². The number of benzene rings is 1. The number of pyridine rings is 1. The van der Waals surface area contributed by atoms with Crippen LogP contribution in [0.2, 0.25) is 0 Å². The second kappa shape index (κ2) is 4.68. The van der Waals surface area contributed by atoms with Gasteiger partial charge in [-0.25, -0.2) is 9.97 Å². The van der Waals surface area contributed by atoms with Crippen molar-refractivity contribution >= 4 is 27.8 Å². The molecule has 0 bridgehead atoms. The van der Waals surface area contributed by atoms with E-state index < -0.39 is 0 Å². The highest BCUT2D eigenvalue weighted by atomic mass is 16.5. The maximum atomic E-state index is 6.11. The topological polar surface area (TPSA) is 92.0 Å². The van der Waals surface area contributed by atoms with Crippen LogP contribution in [-0.4, -0.2) is 34.3 Å². The number of anilines is 1. The Morgan fingerprint density at radius 2 is 2.14 bits per heavy atom. The normalized spacial score (nSPS) is 18.8. The van der Waals surface area contributed by atoms with Crippen LogP contribution in [0.3, 0.4) is 0 Å². The van der Waals surface area contributed by atoms with Crippen LogP contribution in [0, 0.1) is 0 Å². The fourth-order valence-corrected chi connectivity index (χ4v) is 3.07. The summed E-state index contributed by atoms with van der Waals surface area (Å²) in [5, 5.41) is 1.06. The molecule has 4 rings (SSSR count). The molecule has 6 heteroatoms. The molecule has 1 aliphatic heterocycles. The Bertz CT molecular complexity index is 826. The predicted octanol–water partition coefficient (Wildman–Crippen LogP) is 1.24. The summed E-state index contributed by atoms with van der Waals surface area (Å²) in [4.78, 5) is 9.16. The van der Waals surface area contributed by atoms with Crippen molar-refractivity contribution in [3.05, 3.63) is 30.1 Å². The predicted molar refractivity (Wildman–Crippen MR) is 82.1 cm³/mol. The van der Waals surface area contributed by atoms with Gasteiger partial charge in [-0.05, 0) is 6.07 Å². The molecule has 1 aliphatic rings. The Morgan fingerprint density at radius 3 is 3.00 bits per heavy atom. The summed E-state index contributed by atoms with van der Waals surface area (Å²) in [5.74, 6) is 1.45. The Labute approximate surface area is 121 Å². The molecule has 0 radical (unpaired) electrons. The minimum absolute atomic E-state index is 0.0812. The highest BCUT2D eigenvalue weighted by Gasteiger charge is 2.24. The molecule has 0 saturated heterocycles. The van der Waals surface area contributed by atoms with Gasteiger partial charge in [0.1, 0.15) is 11.3 Å². The Hall–Kier alpha value is -2.18. The van der Waals surface area contributed by atoms with Crippen molar-refractivity contribution in [2.24, 2.45) is 5.73 Å². The number of ether oxygens (including phenoxy) is 1. The highest BCUT2D eigenvalue weighted by molar-refractivity contribution is 6.06. The Kier molecular flexibility index (Phi) is 2.80. The lowest BCUT2D eigenvalue weighted by Gasteiger charge is -2.17. The number of nitrogen functional groups attached to an aromatic ring is 1. The van der Waals surface area contributed by atoms with E-state index in [4.69, 9.17) is 21.2 Å². The average Bonchev–Trinajstić information content (AvgIpc) is 2.77. The van der Waals surface area contributed by atoms with E-state index >= 15 is 0 Å². The first-order valence-corrected chi connectivity index (χ1v) is 7.12. The van der Waals surface area contributed by atoms with Gasteiger partial charge < -0.3 is 20.8 Å². The largest absolute Gasteiger partial charge is 0.382 e. The van der Waals surface area contributed by atoms with Crippen LogP contribution in [0.4, 0.5) is 5.82 Å². The van der Waals surface area contributed by atoms with Crippen LogP contribution in [-0.2, 0) is 11.2 Å². The SMILES string of the molecule is NC[C@H]1COCCc2nc3c(N)nc4ccccc4c3n21. The van der Waals surface area contributed by atoms with Crippen LogP contribution >= 0.6 is 0 Å². The van der Waals surface area contributed by atoms with Gasteiger partial charge in [0, 0.05) is 18.4 Å². The van der Waals surface area contributed by atoms with Gasteiger partial charge >= 0.3 is 0 Å². The van der Waals surface area contributed by atoms with Crippen molar-refractivity contribution in [2.75, 3.05) is 25.5 Å². The van der Waals surface area contributed by atoms with Crippen LogP contribution in [0.15, 0.2) is 24.3 Å². The molecule has 0 aliphatic carbocycles. The molecule has 3 heterocycles. The third-order valence-corrected chi connectivity index (χ3v) is 4.04. The molecular weight excluding hydrogens is 266 g/mol. The summed E-state index contributed by atoms with van der Waals surface area (Å²) in [6, 6.07) is 8.07. The zero-order chi connectivity index (χ0) is 14.4. The number of hydrogen-bond donors (Lipinski definition) is 2. The molecule has 0 saturated carbocycles. The van der Waals surface area contributed by atoms with E-state index in [2.05, 4.69) is 15.6 Å². The number of fused-ring (bicyclic) bond motifs is 5. The summed E-state index contributed by atoms with van der Waals surface area (Å²) in [5.41, 5.74) is 14.7. The molecule has 108 valence electrons. The number of nitrogens with zero attached hydrogens (tertiary/aromatic N) is 3. The van der Waals surface area contributed by atoms with Crippen LogP contribution < -0.4 is 11.5 Å². The van der Waals surface area contributed by atoms with E-state index in [1.807, 2.05) is 18.2 Å². The van der Waals surface area contributed by atoms with E-state index in [9.17, 15) is 0 Å². The third-order valence-electron chi connectivity index (χ3n) is 4.04. The molecule has 3 aromatic rings. The van der Waals surface area contributed by atoms with E-state index in [1.54, 1.807) is 0 Å². The van der Waals surface area contributed by atoms with Gasteiger partial charge in [-0.3, -0.25) is 0 Å². The summed E-state index contributed by atoms with van der Waals surface area (Å²) < 4.78 is 7.84. The second-order valence-corrected chi connectivity index (χ2v) is 5.32. The number of rotatable bonds is 1. The van der Waals surface area contributed by atoms with Gasteiger partial charge in [0.2, 0.25) is 0 Å². The first-order valence-electron chi connectivity index (χ1n) is 7.12. The Morgan fingerprint density at radius 1 is 1.29 bits per heavy atom. The summed E-state index contributed by atoms with van der Waals surface area (Å²) in [6.07, 6.45) is 0.763. The second-order valence-electron chi connectivity index (χ2n) is 5.32. The van der Waals surface area contributed by atoms with Crippen molar-refractivity contribution < 1.29 is 4.74 Å². The van der Waals surface area contributed by atoms with Gasteiger partial charge in [0.15, 0.2) is 5.82 Å². The van der Waals surface area contributed by atoms with Gasteiger partial charge in [0.25, 0.3) is 0 Å². The molecule has 0 unspecified atom stereocenters. The third kappa shape index (κ3) is 1.80. The number of para-hydroxylation sites is 1. The molecule has 0 fully saturated rings. The van der Waals surface area contributed by atoms with Crippen LogP contribution in [0.25, 0.3) is 21.9 Å². The van der Waals surface area contributed by atoms with Crippen LogP contribution in [0.1, 0.15) is 11.9 Å². The average molecular weight is 283 g/mol. The van der Waals surface area contributed by atoms with E-state index in [1.165, 1.54) is 0 Å². The standard InChI is InChI=1S/C15H17N5O/c16-7-9-8-21-6-5-12-19-13-14(20(9)12)10-3-1-2-4-11(10)18-15(13)17/h1-4,9H,5-8,16H2,(H2,17,18)/t9-/m0/s1. The lowest BCUT2D eigenvalue weighted by Crippen LogP contribution is -2.23. The molecule has 21 heavy (non-hydrogen) atoms. The molecule has 4 N–H and O–H groups in total. The fourth-order valence-electron chi connectivity index (χ4n) is 3.07. The van der Waals surface area contributed by atoms with Crippen molar-refractivity contribution in [2.45, 2.75) is 12.5 Å². The number of nitrogens with two attached hydrogens (primary N) is 2. The molecule has 0 amide bonds. The Balaban J connectivity index is 2.16. The number of imidazole rings is 1. The number of hydrogen-bond acceptors (Lipinski definition) is 5. The zero-order valence-electron chi connectivity index (χ0n) is 11.6. The van der Waals surface area contributed by atoms with Crippen molar-refractivity contribution in [3.63, 3.8) is 0 Å². The first-order chi connectivity index (χ1) is 10.3. The summed E-state index contributed by atoms with van der Waals surface area (Å²) in [7, 11) is 0. The van der Waals surface area contributed by atoms with Crippen molar-refractivity contribution in [1.29, 1.82) is 0 Å². The maximum Gasteiger partial charge on any atom is 0.152 e. The molecule has 6 nitrogen and oxygen atoms in total. The molecule has 0 spiro atoms. The van der Waals surface area contributed by atoms with Gasteiger partial charge in [0.05, 0.1) is 30.3 Å². The summed E-state index contributed by atoms with van der Waals surface area (Å²) >= 11 is 0. The van der Waals surface area contributed by atoms with Crippen molar-refractivity contribution in [1.82, 2.24) is 14.5 Å². The zero-order valence-corrected chi connectivity index (χ0v) is 11.6. The van der Waals surface area contributed by atoms with Gasteiger partial charge in [-0.15, -0.1) is 0 Å². The monoisotopic (exact) mass is 283 g/mol. The lowest BCUT2D eigenvalue weighted by molar-refractivity contribution is 0.121. The van der Waals surface area contributed by atoms with Gasteiger partial charge in [-0.1, -0.05) is 18.2 Å². The van der Waals surface area contributed by atoms with E-state index in [0.29, 0.717) is 25.6 Å².